The second kappa shape index (κ2) is 8.98. The highest BCUT2D eigenvalue weighted by Gasteiger charge is 2.35. The monoisotopic (exact) mass is 482 g/mol. The van der Waals surface area contributed by atoms with Gasteiger partial charge in [0.1, 0.15) is 0 Å². The number of carbonyl (C=O) groups is 1. The number of sulfonamides is 1. The number of piperazine rings is 1. The molecule has 2 aromatic rings. The third-order valence-electron chi connectivity index (χ3n) is 6.33. The lowest BCUT2D eigenvalue weighted by molar-refractivity contribution is -0.141. The summed E-state index contributed by atoms with van der Waals surface area (Å²) in [6, 6.07) is 10.1. The van der Waals surface area contributed by atoms with Crippen LogP contribution >= 0.6 is 0 Å². The number of methoxy groups -OCH3 is 1. The molecule has 178 valence electrons. The van der Waals surface area contributed by atoms with Crippen molar-refractivity contribution in [1.29, 1.82) is 0 Å². The summed E-state index contributed by atoms with van der Waals surface area (Å²) in [6.07, 6.45) is -3.01. The van der Waals surface area contributed by atoms with Crippen molar-refractivity contribution in [2.45, 2.75) is 30.3 Å². The maximum Gasteiger partial charge on any atom is 0.416 e. The Hall–Kier alpha value is -2.59. The van der Waals surface area contributed by atoms with E-state index in [-0.39, 0.29) is 36.3 Å². The molecule has 0 N–H and O–H groups in total. The van der Waals surface area contributed by atoms with Crippen molar-refractivity contribution in [3.8, 4) is 0 Å². The number of alkyl halides is 3. The van der Waals surface area contributed by atoms with Gasteiger partial charge in [0.25, 0.3) is 0 Å². The molecule has 6 nitrogen and oxygen atoms in total. The summed E-state index contributed by atoms with van der Waals surface area (Å²) in [4.78, 5) is 13.8. The number of anilines is 1. The van der Waals surface area contributed by atoms with Crippen molar-refractivity contribution in [2.75, 3.05) is 38.2 Å². The van der Waals surface area contributed by atoms with Gasteiger partial charge in [-0.2, -0.15) is 17.5 Å². The highest BCUT2D eigenvalue weighted by Crippen LogP contribution is 2.35. The number of esters is 1. The van der Waals surface area contributed by atoms with Crippen molar-refractivity contribution in [3.63, 3.8) is 0 Å². The molecule has 0 spiro atoms. The number of halogens is 3. The summed E-state index contributed by atoms with van der Waals surface area (Å²) in [5.74, 6) is -0.295. The van der Waals surface area contributed by atoms with Gasteiger partial charge in [-0.15, -0.1) is 0 Å². The molecule has 1 unspecified atom stereocenters. The summed E-state index contributed by atoms with van der Waals surface area (Å²) in [7, 11) is -2.40. The van der Waals surface area contributed by atoms with Gasteiger partial charge in [0.05, 0.1) is 17.6 Å². The third-order valence-corrected chi connectivity index (χ3v) is 8.31. The Morgan fingerprint density at radius 3 is 2.30 bits per heavy atom. The quantitative estimate of drug-likeness (QED) is 0.611. The first kappa shape index (κ1) is 23.6. The van der Waals surface area contributed by atoms with Gasteiger partial charge in [-0.3, -0.25) is 4.79 Å². The Balaban J connectivity index is 1.46. The third kappa shape index (κ3) is 4.86. The Morgan fingerprint density at radius 2 is 1.70 bits per heavy atom. The van der Waals surface area contributed by atoms with Gasteiger partial charge in [-0.05, 0) is 60.2 Å². The van der Waals surface area contributed by atoms with Crippen LogP contribution in [0.3, 0.4) is 0 Å². The van der Waals surface area contributed by atoms with Gasteiger partial charge < -0.3 is 9.64 Å². The molecule has 4 rings (SSSR count). The van der Waals surface area contributed by atoms with Crippen molar-refractivity contribution in [1.82, 2.24) is 4.31 Å². The van der Waals surface area contributed by atoms with Crippen molar-refractivity contribution in [3.05, 3.63) is 59.2 Å². The first-order chi connectivity index (χ1) is 15.6. The molecule has 0 saturated carbocycles. The molecule has 2 aromatic carbocycles. The van der Waals surface area contributed by atoms with Gasteiger partial charge >= 0.3 is 12.1 Å². The Morgan fingerprint density at radius 1 is 1.03 bits per heavy atom. The molecular weight excluding hydrogens is 457 g/mol. The number of fused-ring (bicyclic) bond motifs is 1. The first-order valence-electron chi connectivity index (χ1n) is 10.7. The molecule has 0 amide bonds. The van der Waals surface area contributed by atoms with Crippen LogP contribution in [0.1, 0.15) is 23.1 Å². The van der Waals surface area contributed by atoms with Crippen LogP contribution in [-0.4, -0.2) is 52.0 Å². The van der Waals surface area contributed by atoms with E-state index < -0.39 is 21.8 Å². The van der Waals surface area contributed by atoms with E-state index >= 15 is 0 Å². The van der Waals surface area contributed by atoms with Gasteiger partial charge in [0.15, 0.2) is 0 Å². The summed E-state index contributed by atoms with van der Waals surface area (Å²) in [6.45, 7) is 1.23. The molecule has 0 radical (unpaired) electrons. The van der Waals surface area contributed by atoms with Crippen LogP contribution in [0.25, 0.3) is 0 Å². The van der Waals surface area contributed by atoms with E-state index in [0.717, 1.165) is 23.3 Å². The standard InChI is InChI=1S/C23H25F3N2O4S/c1-32-22(29)15-16-13-17-3-2-4-21(20(17)14-16)33(30,31)28-11-9-27(10-12-28)19-7-5-18(6-8-19)23(24,25)26/h2-8,16H,9-15H2,1H3. The largest absolute Gasteiger partial charge is 0.469 e. The predicted octanol–water partition coefficient (Wildman–Crippen LogP) is 3.49. The smallest absolute Gasteiger partial charge is 0.416 e. The zero-order valence-corrected chi connectivity index (χ0v) is 19.0. The molecule has 2 aliphatic rings. The fraction of sp³-hybridized carbons (Fsp3) is 0.435. The predicted molar refractivity (Wildman–Crippen MR) is 116 cm³/mol. The number of carbonyl (C=O) groups excluding carboxylic acids is 1. The molecular formula is C23H25F3N2O4S. The van der Waals surface area contributed by atoms with E-state index in [0.29, 0.717) is 31.6 Å². The van der Waals surface area contributed by atoms with Crippen LogP contribution in [0.15, 0.2) is 47.4 Å². The highest BCUT2D eigenvalue weighted by molar-refractivity contribution is 7.89. The van der Waals surface area contributed by atoms with Gasteiger partial charge in [0, 0.05) is 38.3 Å². The van der Waals surface area contributed by atoms with Crippen molar-refractivity contribution < 1.29 is 31.1 Å². The molecule has 1 aliphatic carbocycles. The molecule has 10 heteroatoms. The van der Waals surface area contributed by atoms with Crippen LogP contribution in [0, 0.1) is 5.92 Å². The molecule has 1 fully saturated rings. The zero-order chi connectivity index (χ0) is 23.8. The molecule has 1 heterocycles. The second-order valence-corrected chi connectivity index (χ2v) is 10.3. The lowest BCUT2D eigenvalue weighted by Gasteiger charge is -2.35. The lowest BCUT2D eigenvalue weighted by Crippen LogP contribution is -2.48. The number of benzene rings is 2. The molecule has 33 heavy (non-hydrogen) atoms. The first-order valence-corrected chi connectivity index (χ1v) is 12.1. The molecule has 1 atom stereocenters. The second-order valence-electron chi connectivity index (χ2n) is 8.38. The summed E-state index contributed by atoms with van der Waals surface area (Å²) >= 11 is 0. The van der Waals surface area contributed by atoms with Gasteiger partial charge in [-0.1, -0.05) is 12.1 Å². The van der Waals surface area contributed by atoms with E-state index in [1.807, 2.05) is 11.0 Å². The minimum absolute atomic E-state index is 0.0142. The van der Waals surface area contributed by atoms with E-state index in [1.54, 1.807) is 12.1 Å². The van der Waals surface area contributed by atoms with E-state index in [9.17, 15) is 26.4 Å². The fourth-order valence-electron chi connectivity index (χ4n) is 4.60. The number of nitrogens with zero attached hydrogens (tertiary/aromatic N) is 2. The van der Waals surface area contributed by atoms with Crippen molar-refractivity contribution >= 4 is 21.7 Å². The number of ether oxygens (including phenoxy) is 1. The van der Waals surface area contributed by atoms with Gasteiger partial charge in [0.2, 0.25) is 10.0 Å². The van der Waals surface area contributed by atoms with Crippen LogP contribution < -0.4 is 4.90 Å². The molecule has 0 bridgehead atoms. The van der Waals surface area contributed by atoms with Crippen LogP contribution in [-0.2, 0) is 38.6 Å². The minimum Gasteiger partial charge on any atom is -0.469 e. The summed E-state index contributed by atoms with van der Waals surface area (Å²) in [5.41, 5.74) is 1.62. The van der Waals surface area contributed by atoms with Crippen molar-refractivity contribution in [2.24, 2.45) is 5.92 Å². The van der Waals surface area contributed by atoms with E-state index in [4.69, 9.17) is 4.74 Å². The average Bonchev–Trinajstić information content (AvgIpc) is 3.20. The highest BCUT2D eigenvalue weighted by atomic mass is 32.2. The Bertz CT molecular complexity index is 1130. The zero-order valence-electron chi connectivity index (χ0n) is 18.1. The maximum absolute atomic E-state index is 13.4. The fourth-order valence-corrected chi connectivity index (χ4v) is 6.30. The van der Waals surface area contributed by atoms with Crippen LogP contribution in [0.4, 0.5) is 18.9 Å². The SMILES string of the molecule is COC(=O)CC1Cc2cccc(S(=O)(=O)N3CCN(c4ccc(C(F)(F)F)cc4)CC3)c2C1. The average molecular weight is 483 g/mol. The van der Waals surface area contributed by atoms with E-state index in [2.05, 4.69) is 0 Å². The molecule has 0 aromatic heterocycles. The van der Waals surface area contributed by atoms with Gasteiger partial charge in [-0.25, -0.2) is 8.42 Å². The Labute approximate surface area is 191 Å². The number of hydrogen-bond donors (Lipinski definition) is 0. The molecule has 1 aliphatic heterocycles. The minimum atomic E-state index is -4.39. The lowest BCUT2D eigenvalue weighted by atomic mass is 10.0. The van der Waals surface area contributed by atoms with Crippen LogP contribution in [0.2, 0.25) is 0 Å². The maximum atomic E-state index is 13.4. The van der Waals surface area contributed by atoms with Crippen LogP contribution in [0.5, 0.6) is 0 Å². The number of rotatable bonds is 5. The summed E-state index contributed by atoms with van der Waals surface area (Å²) in [5, 5.41) is 0. The van der Waals surface area contributed by atoms with E-state index in [1.165, 1.54) is 23.5 Å². The molecule has 1 saturated heterocycles. The normalized spacial score (nSPS) is 19.4. The summed E-state index contributed by atoms with van der Waals surface area (Å²) < 4.78 is 71.4. The Kier molecular flexibility index (Phi) is 6.41. The number of hydrogen-bond acceptors (Lipinski definition) is 5. The topological polar surface area (TPSA) is 66.9 Å².